The SMILES string of the molecule is Cc1cc(C)n(CCCNC(=O)c2cc(Cl)ncc2Cl)n1. The van der Waals surface area contributed by atoms with E-state index in [2.05, 4.69) is 15.4 Å². The van der Waals surface area contributed by atoms with E-state index in [9.17, 15) is 4.79 Å². The molecule has 0 spiro atoms. The molecule has 2 aromatic rings. The number of halogens is 2. The zero-order valence-electron chi connectivity index (χ0n) is 11.9. The van der Waals surface area contributed by atoms with E-state index >= 15 is 0 Å². The molecule has 7 heteroatoms. The summed E-state index contributed by atoms with van der Waals surface area (Å²) in [6, 6.07) is 3.48. The van der Waals surface area contributed by atoms with E-state index < -0.39 is 0 Å². The Morgan fingerprint density at radius 2 is 2.10 bits per heavy atom. The minimum absolute atomic E-state index is 0.243. The Hall–Kier alpha value is -1.59. The van der Waals surface area contributed by atoms with Gasteiger partial charge in [0.15, 0.2) is 0 Å². The first kappa shape index (κ1) is 15.8. The molecule has 0 aromatic carbocycles. The number of carbonyl (C=O) groups excluding carboxylic acids is 1. The van der Waals surface area contributed by atoms with Gasteiger partial charge >= 0.3 is 0 Å². The highest BCUT2D eigenvalue weighted by Gasteiger charge is 2.11. The highest BCUT2D eigenvalue weighted by molar-refractivity contribution is 6.35. The molecular weight excluding hydrogens is 311 g/mol. The van der Waals surface area contributed by atoms with Gasteiger partial charge in [-0.2, -0.15) is 5.10 Å². The maximum Gasteiger partial charge on any atom is 0.252 e. The van der Waals surface area contributed by atoms with Crippen LogP contribution in [-0.4, -0.2) is 27.2 Å². The summed E-state index contributed by atoms with van der Waals surface area (Å²) in [5.74, 6) is -0.252. The maximum atomic E-state index is 12.0. The fraction of sp³-hybridized carbons (Fsp3) is 0.357. The minimum atomic E-state index is -0.252. The summed E-state index contributed by atoms with van der Waals surface area (Å²) in [5, 5.41) is 7.71. The van der Waals surface area contributed by atoms with Crippen LogP contribution in [0.15, 0.2) is 18.3 Å². The molecule has 2 rings (SSSR count). The number of nitrogens with one attached hydrogen (secondary N) is 1. The van der Waals surface area contributed by atoms with Gasteiger partial charge in [-0.05, 0) is 32.4 Å². The number of carbonyl (C=O) groups is 1. The van der Waals surface area contributed by atoms with Gasteiger partial charge in [-0.3, -0.25) is 9.48 Å². The van der Waals surface area contributed by atoms with E-state index in [1.54, 1.807) is 0 Å². The van der Waals surface area contributed by atoms with Crippen LogP contribution in [0.5, 0.6) is 0 Å². The first-order valence-electron chi connectivity index (χ1n) is 6.57. The molecule has 0 fully saturated rings. The second-order valence-corrected chi connectivity index (χ2v) is 5.54. The summed E-state index contributed by atoms with van der Waals surface area (Å²) in [6.07, 6.45) is 2.15. The van der Waals surface area contributed by atoms with Crippen LogP contribution in [0.2, 0.25) is 10.2 Å². The van der Waals surface area contributed by atoms with Crippen LogP contribution in [0.25, 0.3) is 0 Å². The smallest absolute Gasteiger partial charge is 0.252 e. The van der Waals surface area contributed by atoms with Crippen molar-refractivity contribution >= 4 is 29.1 Å². The van der Waals surface area contributed by atoms with E-state index in [0.29, 0.717) is 12.1 Å². The summed E-state index contributed by atoms with van der Waals surface area (Å²) >= 11 is 11.7. The van der Waals surface area contributed by atoms with Gasteiger partial charge in [0, 0.05) is 25.0 Å². The Morgan fingerprint density at radius 3 is 2.76 bits per heavy atom. The molecule has 0 bridgehead atoms. The Balaban J connectivity index is 1.84. The fourth-order valence-corrected chi connectivity index (χ4v) is 2.36. The lowest BCUT2D eigenvalue weighted by molar-refractivity contribution is 0.0952. The van der Waals surface area contributed by atoms with Crippen LogP contribution in [-0.2, 0) is 6.54 Å². The van der Waals surface area contributed by atoms with E-state index in [-0.39, 0.29) is 16.1 Å². The van der Waals surface area contributed by atoms with Gasteiger partial charge in [-0.25, -0.2) is 4.98 Å². The fourth-order valence-electron chi connectivity index (χ4n) is 2.01. The molecule has 5 nitrogen and oxygen atoms in total. The third kappa shape index (κ3) is 4.19. The molecule has 1 amide bonds. The van der Waals surface area contributed by atoms with Crippen LogP contribution in [0.4, 0.5) is 0 Å². The third-order valence-corrected chi connectivity index (χ3v) is 3.51. The molecule has 0 aliphatic rings. The second-order valence-electron chi connectivity index (χ2n) is 4.75. The van der Waals surface area contributed by atoms with Crippen molar-refractivity contribution in [3.8, 4) is 0 Å². The van der Waals surface area contributed by atoms with Gasteiger partial charge in [0.2, 0.25) is 0 Å². The first-order valence-corrected chi connectivity index (χ1v) is 7.33. The van der Waals surface area contributed by atoms with E-state index in [0.717, 1.165) is 24.4 Å². The van der Waals surface area contributed by atoms with Gasteiger partial charge in [0.1, 0.15) is 5.15 Å². The number of nitrogens with zero attached hydrogens (tertiary/aromatic N) is 3. The van der Waals surface area contributed by atoms with Gasteiger partial charge < -0.3 is 5.32 Å². The van der Waals surface area contributed by atoms with Crippen LogP contribution in [0, 0.1) is 13.8 Å². The number of rotatable bonds is 5. The summed E-state index contributed by atoms with van der Waals surface area (Å²) in [6.45, 7) is 5.26. The van der Waals surface area contributed by atoms with Crippen LogP contribution >= 0.6 is 23.2 Å². The average Bonchev–Trinajstić information content (AvgIpc) is 2.75. The zero-order chi connectivity index (χ0) is 15.4. The number of hydrogen-bond donors (Lipinski definition) is 1. The quantitative estimate of drug-likeness (QED) is 0.678. The molecule has 0 radical (unpaired) electrons. The van der Waals surface area contributed by atoms with Crippen LogP contribution < -0.4 is 5.32 Å². The monoisotopic (exact) mass is 326 g/mol. The summed E-state index contributed by atoms with van der Waals surface area (Å²) < 4.78 is 1.93. The standard InChI is InChI=1S/C14H16Cl2N4O/c1-9-6-10(2)20(19-9)5-3-4-17-14(21)11-7-13(16)18-8-12(11)15/h6-8H,3-5H2,1-2H3,(H,17,21). The highest BCUT2D eigenvalue weighted by Crippen LogP contribution is 2.17. The number of amides is 1. The van der Waals surface area contributed by atoms with Crippen molar-refractivity contribution in [1.29, 1.82) is 0 Å². The Bertz CT molecular complexity index is 654. The topological polar surface area (TPSA) is 59.8 Å². The number of hydrogen-bond acceptors (Lipinski definition) is 3. The van der Waals surface area contributed by atoms with Crippen molar-refractivity contribution < 1.29 is 4.79 Å². The summed E-state index contributed by atoms with van der Waals surface area (Å²) in [5.41, 5.74) is 2.44. The molecule has 2 aromatic heterocycles. The normalized spacial score (nSPS) is 10.7. The van der Waals surface area contributed by atoms with Gasteiger partial charge in [0.05, 0.1) is 16.3 Å². The molecule has 0 saturated heterocycles. The molecule has 1 N–H and O–H groups in total. The van der Waals surface area contributed by atoms with E-state index in [4.69, 9.17) is 23.2 Å². The predicted octanol–water partition coefficient (Wildman–Crippen LogP) is 3.02. The van der Waals surface area contributed by atoms with Gasteiger partial charge in [-0.15, -0.1) is 0 Å². The molecule has 112 valence electrons. The van der Waals surface area contributed by atoms with Crippen molar-refractivity contribution in [2.45, 2.75) is 26.8 Å². The minimum Gasteiger partial charge on any atom is -0.352 e. The second kappa shape index (κ2) is 6.91. The lowest BCUT2D eigenvalue weighted by Crippen LogP contribution is -2.25. The predicted molar refractivity (Wildman–Crippen MR) is 82.9 cm³/mol. The van der Waals surface area contributed by atoms with Crippen molar-refractivity contribution in [3.05, 3.63) is 45.5 Å². The summed E-state index contributed by atoms with van der Waals surface area (Å²) in [4.78, 5) is 15.8. The molecule has 2 heterocycles. The number of aromatic nitrogens is 3. The zero-order valence-corrected chi connectivity index (χ0v) is 13.4. The van der Waals surface area contributed by atoms with Crippen LogP contribution in [0.3, 0.4) is 0 Å². The van der Waals surface area contributed by atoms with Crippen molar-refractivity contribution in [1.82, 2.24) is 20.1 Å². The average molecular weight is 327 g/mol. The van der Waals surface area contributed by atoms with E-state index in [1.165, 1.54) is 12.3 Å². The maximum absolute atomic E-state index is 12.0. The van der Waals surface area contributed by atoms with E-state index in [1.807, 2.05) is 24.6 Å². The third-order valence-electron chi connectivity index (χ3n) is 3.00. The van der Waals surface area contributed by atoms with Crippen LogP contribution in [0.1, 0.15) is 28.2 Å². The molecule has 0 aliphatic heterocycles. The Kier molecular flexibility index (Phi) is 5.20. The Labute approximate surface area is 133 Å². The Morgan fingerprint density at radius 1 is 1.33 bits per heavy atom. The first-order chi connectivity index (χ1) is 9.97. The molecule has 0 saturated carbocycles. The largest absolute Gasteiger partial charge is 0.352 e. The number of pyridine rings is 1. The molecule has 0 aliphatic carbocycles. The molecular formula is C14H16Cl2N4O. The molecule has 21 heavy (non-hydrogen) atoms. The number of aryl methyl sites for hydroxylation is 3. The summed E-state index contributed by atoms with van der Waals surface area (Å²) in [7, 11) is 0. The van der Waals surface area contributed by atoms with Gasteiger partial charge in [0.25, 0.3) is 5.91 Å². The van der Waals surface area contributed by atoms with Crippen molar-refractivity contribution in [2.24, 2.45) is 0 Å². The van der Waals surface area contributed by atoms with Gasteiger partial charge in [-0.1, -0.05) is 23.2 Å². The lowest BCUT2D eigenvalue weighted by atomic mass is 10.2. The van der Waals surface area contributed by atoms with Crippen molar-refractivity contribution in [3.63, 3.8) is 0 Å². The molecule has 0 atom stereocenters. The lowest BCUT2D eigenvalue weighted by Gasteiger charge is -2.08. The highest BCUT2D eigenvalue weighted by atomic mass is 35.5. The molecule has 0 unspecified atom stereocenters. The van der Waals surface area contributed by atoms with Crippen molar-refractivity contribution in [2.75, 3.05) is 6.54 Å².